The van der Waals surface area contributed by atoms with Gasteiger partial charge >= 0.3 is 5.97 Å². The van der Waals surface area contributed by atoms with Crippen molar-refractivity contribution in [2.24, 2.45) is 12.2 Å². The molecule has 4 aromatic rings. The maximum absolute atomic E-state index is 15.6. The van der Waals surface area contributed by atoms with Gasteiger partial charge in [0, 0.05) is 25.2 Å². The standard InChI is InChI=1S/C29H24F2N2O4/c1-17-3-5-18(6-4-17)24(15-27(32-37)21-9-12-28(34)33(2)16-21)22-10-7-19(13-25(22)30)20-8-11-23(29(35)36)26(31)14-20/h3-14,16,24,27H,15H2,1-2H3,(H,35,36). The van der Waals surface area contributed by atoms with Crippen LogP contribution in [0, 0.1) is 23.5 Å². The van der Waals surface area contributed by atoms with E-state index in [2.05, 4.69) is 5.18 Å². The predicted octanol–water partition coefficient (Wildman–Crippen LogP) is 6.37. The molecule has 0 aliphatic carbocycles. The van der Waals surface area contributed by atoms with Gasteiger partial charge in [-0.15, -0.1) is 0 Å². The Hall–Kier alpha value is -4.46. The molecule has 0 aliphatic rings. The minimum absolute atomic E-state index is 0.156. The molecule has 1 heterocycles. The normalized spacial score (nSPS) is 12.6. The first kappa shape index (κ1) is 25.6. The number of carboxylic acids is 1. The summed E-state index contributed by atoms with van der Waals surface area (Å²) in [5.74, 6) is -3.40. The van der Waals surface area contributed by atoms with Gasteiger partial charge in [0.2, 0.25) is 5.56 Å². The number of halogens is 2. The van der Waals surface area contributed by atoms with Crippen molar-refractivity contribution in [3.63, 3.8) is 0 Å². The van der Waals surface area contributed by atoms with Crippen LogP contribution in [0.25, 0.3) is 11.1 Å². The highest BCUT2D eigenvalue weighted by molar-refractivity contribution is 5.88. The largest absolute Gasteiger partial charge is 0.478 e. The molecule has 0 spiro atoms. The third-order valence-corrected chi connectivity index (χ3v) is 6.47. The van der Waals surface area contributed by atoms with Crippen LogP contribution in [0.2, 0.25) is 0 Å². The Morgan fingerprint density at radius 3 is 2.11 bits per heavy atom. The zero-order chi connectivity index (χ0) is 26.7. The van der Waals surface area contributed by atoms with E-state index in [4.69, 9.17) is 5.11 Å². The number of hydrogen-bond donors (Lipinski definition) is 1. The summed E-state index contributed by atoms with van der Waals surface area (Å²) in [6, 6.07) is 17.7. The number of hydrogen-bond acceptors (Lipinski definition) is 4. The van der Waals surface area contributed by atoms with E-state index < -0.39 is 35.1 Å². The maximum Gasteiger partial charge on any atom is 0.338 e. The molecule has 8 heteroatoms. The SMILES string of the molecule is Cc1ccc(C(CC(N=O)c2ccc(=O)n(C)c2)c2ccc(-c3ccc(C(=O)O)c(F)c3)cc2F)cc1. The molecular formula is C29H24F2N2O4. The lowest BCUT2D eigenvalue weighted by atomic mass is 9.83. The summed E-state index contributed by atoms with van der Waals surface area (Å²) in [7, 11) is 1.58. The molecule has 1 aromatic heterocycles. The number of benzene rings is 3. The van der Waals surface area contributed by atoms with E-state index in [9.17, 15) is 18.9 Å². The Balaban J connectivity index is 1.74. The van der Waals surface area contributed by atoms with E-state index >= 15 is 4.39 Å². The highest BCUT2D eigenvalue weighted by Gasteiger charge is 2.25. The van der Waals surface area contributed by atoms with E-state index in [1.54, 1.807) is 31.4 Å². The minimum Gasteiger partial charge on any atom is -0.478 e. The van der Waals surface area contributed by atoms with Gasteiger partial charge in [-0.2, -0.15) is 4.91 Å². The van der Waals surface area contributed by atoms with Gasteiger partial charge in [-0.25, -0.2) is 13.6 Å². The lowest BCUT2D eigenvalue weighted by Crippen LogP contribution is -2.16. The zero-order valence-electron chi connectivity index (χ0n) is 20.2. The Morgan fingerprint density at radius 2 is 1.54 bits per heavy atom. The Morgan fingerprint density at radius 1 is 0.919 bits per heavy atom. The van der Waals surface area contributed by atoms with Gasteiger partial charge in [0.05, 0.1) is 5.56 Å². The first-order valence-electron chi connectivity index (χ1n) is 11.6. The number of rotatable bonds is 8. The lowest BCUT2D eigenvalue weighted by molar-refractivity contribution is 0.0692. The van der Waals surface area contributed by atoms with Crippen LogP contribution in [0.5, 0.6) is 0 Å². The molecule has 1 N–H and O–H groups in total. The number of aromatic carboxylic acids is 1. The van der Waals surface area contributed by atoms with Gasteiger partial charge in [0.25, 0.3) is 0 Å². The highest BCUT2D eigenvalue weighted by atomic mass is 19.1. The van der Waals surface area contributed by atoms with E-state index in [1.807, 2.05) is 31.2 Å². The summed E-state index contributed by atoms with van der Waals surface area (Å²) >= 11 is 0. The van der Waals surface area contributed by atoms with Crippen LogP contribution in [0.4, 0.5) is 8.78 Å². The summed E-state index contributed by atoms with van der Waals surface area (Å²) in [6.45, 7) is 1.93. The van der Waals surface area contributed by atoms with Crippen molar-refractivity contribution < 1.29 is 18.7 Å². The Labute approximate surface area is 211 Å². The summed E-state index contributed by atoms with van der Waals surface area (Å²) in [5.41, 5.74) is 2.69. The van der Waals surface area contributed by atoms with Gasteiger partial charge < -0.3 is 9.67 Å². The molecule has 0 saturated heterocycles. The van der Waals surface area contributed by atoms with E-state index in [1.165, 1.54) is 22.8 Å². The van der Waals surface area contributed by atoms with Gasteiger partial charge in [0.15, 0.2) is 0 Å². The Kier molecular flexibility index (Phi) is 7.38. The van der Waals surface area contributed by atoms with Gasteiger partial charge in [0.1, 0.15) is 17.7 Å². The van der Waals surface area contributed by atoms with Crippen molar-refractivity contribution in [3.8, 4) is 11.1 Å². The summed E-state index contributed by atoms with van der Waals surface area (Å²) in [6.07, 6.45) is 1.71. The fraction of sp³-hybridized carbons (Fsp3) is 0.172. The number of aromatic nitrogens is 1. The molecule has 0 saturated carbocycles. The first-order chi connectivity index (χ1) is 17.7. The molecule has 0 aliphatic heterocycles. The molecule has 0 amide bonds. The second kappa shape index (κ2) is 10.7. The molecule has 188 valence electrons. The van der Waals surface area contributed by atoms with Gasteiger partial charge in [-0.3, -0.25) is 4.79 Å². The predicted molar refractivity (Wildman–Crippen MR) is 137 cm³/mol. The summed E-state index contributed by atoms with van der Waals surface area (Å²) in [4.78, 5) is 34.8. The van der Waals surface area contributed by atoms with Crippen molar-refractivity contribution >= 4 is 5.97 Å². The minimum atomic E-state index is -1.39. The second-order valence-corrected chi connectivity index (χ2v) is 8.97. The third kappa shape index (κ3) is 5.53. The first-order valence-corrected chi connectivity index (χ1v) is 11.6. The quantitative estimate of drug-likeness (QED) is 0.284. The number of carboxylic acid groups (broad SMARTS) is 1. The van der Waals surface area contributed by atoms with Crippen LogP contribution in [0.1, 0.15) is 51.0 Å². The van der Waals surface area contributed by atoms with Crippen LogP contribution < -0.4 is 5.56 Å². The van der Waals surface area contributed by atoms with Crippen molar-refractivity contribution in [3.05, 3.63) is 134 Å². The fourth-order valence-corrected chi connectivity index (χ4v) is 4.37. The molecule has 0 radical (unpaired) electrons. The van der Waals surface area contributed by atoms with Crippen molar-refractivity contribution in [2.45, 2.75) is 25.3 Å². The van der Waals surface area contributed by atoms with E-state index in [0.717, 1.165) is 23.3 Å². The monoisotopic (exact) mass is 502 g/mol. The maximum atomic E-state index is 15.6. The molecule has 0 fully saturated rings. The van der Waals surface area contributed by atoms with Crippen molar-refractivity contribution in [2.75, 3.05) is 0 Å². The average Bonchev–Trinajstić information content (AvgIpc) is 2.87. The average molecular weight is 503 g/mol. The van der Waals surface area contributed by atoms with E-state index in [-0.39, 0.29) is 12.0 Å². The second-order valence-electron chi connectivity index (χ2n) is 8.97. The number of pyridine rings is 1. The number of aryl methyl sites for hydroxylation is 2. The molecule has 2 unspecified atom stereocenters. The number of nitroso groups, excluding NO2 is 1. The smallest absolute Gasteiger partial charge is 0.338 e. The van der Waals surface area contributed by atoms with Crippen LogP contribution >= 0.6 is 0 Å². The molecule has 4 rings (SSSR count). The molecule has 37 heavy (non-hydrogen) atoms. The highest BCUT2D eigenvalue weighted by Crippen LogP contribution is 2.38. The topological polar surface area (TPSA) is 88.7 Å². The van der Waals surface area contributed by atoms with Crippen LogP contribution in [-0.4, -0.2) is 15.6 Å². The number of nitrogens with zero attached hydrogens (tertiary/aromatic N) is 2. The van der Waals surface area contributed by atoms with Gasteiger partial charge in [-0.1, -0.05) is 53.2 Å². The van der Waals surface area contributed by atoms with Crippen LogP contribution in [-0.2, 0) is 7.05 Å². The molecule has 2 atom stereocenters. The van der Waals surface area contributed by atoms with Crippen LogP contribution in [0.15, 0.2) is 89.0 Å². The molecule has 0 bridgehead atoms. The van der Waals surface area contributed by atoms with Crippen LogP contribution in [0.3, 0.4) is 0 Å². The lowest BCUT2D eigenvalue weighted by Gasteiger charge is -2.22. The molecule has 3 aromatic carbocycles. The molecular weight excluding hydrogens is 478 g/mol. The van der Waals surface area contributed by atoms with Gasteiger partial charge in [-0.05, 0) is 65.4 Å². The fourth-order valence-electron chi connectivity index (χ4n) is 4.37. The summed E-state index contributed by atoms with van der Waals surface area (Å²) < 4.78 is 31.2. The van der Waals surface area contributed by atoms with E-state index in [0.29, 0.717) is 22.3 Å². The van der Waals surface area contributed by atoms with Crippen molar-refractivity contribution in [1.29, 1.82) is 0 Å². The third-order valence-electron chi connectivity index (χ3n) is 6.47. The summed E-state index contributed by atoms with van der Waals surface area (Å²) in [5, 5.41) is 12.3. The Bertz CT molecular complexity index is 1530. The van der Waals surface area contributed by atoms with Crippen molar-refractivity contribution in [1.82, 2.24) is 4.57 Å². The number of carbonyl (C=O) groups is 1. The zero-order valence-corrected chi connectivity index (χ0v) is 20.2. The molecule has 6 nitrogen and oxygen atoms in total.